The van der Waals surface area contributed by atoms with Crippen molar-refractivity contribution in [2.75, 3.05) is 19.8 Å². The van der Waals surface area contributed by atoms with E-state index in [1.54, 1.807) is 18.8 Å². The lowest BCUT2D eigenvalue weighted by Gasteiger charge is -2.18. The summed E-state index contributed by atoms with van der Waals surface area (Å²) in [5.74, 6) is 0.867. The Bertz CT molecular complexity index is 140. The highest BCUT2D eigenvalue weighted by atomic mass is 32.7. The first-order chi connectivity index (χ1) is 4.50. The summed E-state index contributed by atoms with van der Waals surface area (Å²) in [5.41, 5.74) is 5.49. The molecule has 1 atom stereocenters. The van der Waals surface area contributed by atoms with Crippen LogP contribution in [-0.4, -0.2) is 24.5 Å². The molecule has 10 heavy (non-hydrogen) atoms. The molecule has 0 aliphatic rings. The van der Waals surface area contributed by atoms with Gasteiger partial charge in [0, 0.05) is 5.75 Å². The fraction of sp³-hybridized carbons (Fsp3) is 1.00. The van der Waals surface area contributed by atoms with Gasteiger partial charge >= 0.3 is 0 Å². The second kappa shape index (κ2) is 4.39. The molecule has 0 bridgehead atoms. The van der Waals surface area contributed by atoms with Crippen LogP contribution in [-0.2, 0) is 4.57 Å². The lowest BCUT2D eigenvalue weighted by atomic mass is 10.6. The number of nitrogens with zero attached hydrogens (tertiary/aromatic N) is 1. The maximum atomic E-state index is 11.3. The molecule has 0 saturated carbocycles. The van der Waals surface area contributed by atoms with Crippen molar-refractivity contribution < 1.29 is 4.57 Å². The maximum Gasteiger partial charge on any atom is 0.265 e. The topological polar surface area (TPSA) is 46.3 Å². The molecule has 0 rings (SSSR count). The van der Waals surface area contributed by atoms with Gasteiger partial charge in [0.05, 0.1) is 0 Å². The van der Waals surface area contributed by atoms with E-state index in [2.05, 4.69) is 0 Å². The molecule has 0 aliphatic carbocycles. The van der Waals surface area contributed by atoms with Crippen LogP contribution in [0.2, 0.25) is 0 Å². The second-order valence-electron chi connectivity index (χ2n) is 2.24. The Morgan fingerprint density at radius 2 is 2.10 bits per heavy atom. The predicted molar refractivity (Wildman–Crippen MR) is 48.2 cm³/mol. The van der Waals surface area contributed by atoms with E-state index in [9.17, 15) is 4.57 Å². The standard InChI is InChI=1S/C5H15N2OPS/c1-4-5-10-9(6,8)7(2)3/h4-5H2,1-3H3,(H2,6,8). The van der Waals surface area contributed by atoms with Gasteiger partial charge in [-0.15, -0.1) is 0 Å². The van der Waals surface area contributed by atoms with Crippen molar-refractivity contribution in [1.82, 2.24) is 4.67 Å². The molecule has 0 radical (unpaired) electrons. The first-order valence-electron chi connectivity index (χ1n) is 3.21. The molecule has 0 amide bonds. The first-order valence-corrected chi connectivity index (χ1v) is 6.53. The summed E-state index contributed by atoms with van der Waals surface area (Å²) in [4.78, 5) is 0. The van der Waals surface area contributed by atoms with E-state index in [0.29, 0.717) is 0 Å². The van der Waals surface area contributed by atoms with Gasteiger partial charge in [-0.05, 0) is 20.5 Å². The molecule has 3 nitrogen and oxygen atoms in total. The maximum absolute atomic E-state index is 11.3. The van der Waals surface area contributed by atoms with Crippen LogP contribution in [0.1, 0.15) is 13.3 Å². The van der Waals surface area contributed by atoms with Gasteiger partial charge in [-0.25, -0.2) is 4.67 Å². The van der Waals surface area contributed by atoms with Crippen molar-refractivity contribution in [2.45, 2.75) is 13.3 Å². The average molecular weight is 182 g/mol. The third-order valence-corrected chi connectivity index (χ3v) is 5.75. The Morgan fingerprint density at radius 1 is 1.60 bits per heavy atom. The van der Waals surface area contributed by atoms with E-state index in [1.165, 1.54) is 11.4 Å². The van der Waals surface area contributed by atoms with Crippen molar-refractivity contribution in [2.24, 2.45) is 5.50 Å². The Hall–Kier alpha value is 0.500. The summed E-state index contributed by atoms with van der Waals surface area (Å²) < 4.78 is 12.9. The fourth-order valence-corrected chi connectivity index (χ4v) is 3.04. The highest BCUT2D eigenvalue weighted by molar-refractivity contribution is 8.56. The predicted octanol–water partition coefficient (Wildman–Crippen LogP) is 1.76. The van der Waals surface area contributed by atoms with Crippen LogP contribution in [0.25, 0.3) is 0 Å². The van der Waals surface area contributed by atoms with E-state index >= 15 is 0 Å². The van der Waals surface area contributed by atoms with E-state index < -0.39 is 6.65 Å². The molecule has 0 aromatic rings. The van der Waals surface area contributed by atoms with Gasteiger partial charge in [-0.3, -0.25) is 10.1 Å². The van der Waals surface area contributed by atoms with Crippen LogP contribution >= 0.6 is 18.0 Å². The Labute approximate surface area is 66.6 Å². The zero-order chi connectivity index (χ0) is 8.20. The summed E-state index contributed by atoms with van der Waals surface area (Å²) >= 11 is 1.35. The van der Waals surface area contributed by atoms with Crippen LogP contribution < -0.4 is 5.50 Å². The van der Waals surface area contributed by atoms with E-state index in [1.807, 2.05) is 6.92 Å². The highest BCUT2D eigenvalue weighted by Crippen LogP contribution is 2.52. The molecular weight excluding hydrogens is 167 g/mol. The Morgan fingerprint density at radius 3 is 2.40 bits per heavy atom. The molecule has 5 heteroatoms. The van der Waals surface area contributed by atoms with Crippen LogP contribution in [0.5, 0.6) is 0 Å². The molecule has 1 unspecified atom stereocenters. The van der Waals surface area contributed by atoms with Gasteiger partial charge in [0.2, 0.25) is 0 Å². The van der Waals surface area contributed by atoms with Crippen LogP contribution in [0.15, 0.2) is 0 Å². The second-order valence-corrected chi connectivity index (χ2v) is 7.18. The van der Waals surface area contributed by atoms with Crippen LogP contribution in [0.3, 0.4) is 0 Å². The molecule has 0 aliphatic heterocycles. The molecule has 0 aromatic carbocycles. The van der Waals surface area contributed by atoms with E-state index in [-0.39, 0.29) is 0 Å². The quantitative estimate of drug-likeness (QED) is 0.673. The van der Waals surface area contributed by atoms with Crippen molar-refractivity contribution >= 4 is 18.0 Å². The van der Waals surface area contributed by atoms with Crippen LogP contribution in [0, 0.1) is 0 Å². The zero-order valence-electron chi connectivity index (χ0n) is 6.70. The normalized spacial score (nSPS) is 17.3. The van der Waals surface area contributed by atoms with Gasteiger partial charge in [-0.1, -0.05) is 18.3 Å². The molecule has 0 heterocycles. The van der Waals surface area contributed by atoms with Gasteiger partial charge < -0.3 is 0 Å². The third-order valence-electron chi connectivity index (χ3n) is 1.04. The Balaban J connectivity index is 3.76. The number of nitrogens with two attached hydrogens (primary N) is 1. The van der Waals surface area contributed by atoms with Gasteiger partial charge in [-0.2, -0.15) is 0 Å². The fourth-order valence-electron chi connectivity index (χ4n) is 0.338. The SMILES string of the molecule is CCCSP(N)(=O)N(C)C. The van der Waals surface area contributed by atoms with Crippen molar-refractivity contribution in [3.8, 4) is 0 Å². The number of hydrogen-bond donors (Lipinski definition) is 1. The average Bonchev–Trinajstić information content (AvgIpc) is 1.84. The highest BCUT2D eigenvalue weighted by Gasteiger charge is 2.18. The van der Waals surface area contributed by atoms with Crippen molar-refractivity contribution in [1.29, 1.82) is 0 Å². The lowest BCUT2D eigenvalue weighted by molar-refractivity contribution is 0.531. The summed E-state index contributed by atoms with van der Waals surface area (Å²) in [6.45, 7) is -0.487. The van der Waals surface area contributed by atoms with E-state index in [0.717, 1.165) is 12.2 Å². The van der Waals surface area contributed by atoms with Gasteiger partial charge in [0.1, 0.15) is 0 Å². The van der Waals surface area contributed by atoms with Crippen molar-refractivity contribution in [3.05, 3.63) is 0 Å². The lowest BCUT2D eigenvalue weighted by Crippen LogP contribution is -2.12. The molecule has 0 saturated heterocycles. The van der Waals surface area contributed by atoms with E-state index in [4.69, 9.17) is 5.50 Å². The zero-order valence-corrected chi connectivity index (χ0v) is 8.41. The van der Waals surface area contributed by atoms with Gasteiger partial charge in [0.25, 0.3) is 6.65 Å². The smallest absolute Gasteiger partial charge is 0.265 e. The molecule has 0 spiro atoms. The molecule has 0 aromatic heterocycles. The molecule has 62 valence electrons. The third kappa shape index (κ3) is 3.62. The summed E-state index contributed by atoms with van der Waals surface area (Å²) in [5, 5.41) is 0. The first kappa shape index (κ1) is 10.5. The minimum atomic E-state index is -2.53. The van der Waals surface area contributed by atoms with Crippen LogP contribution in [0.4, 0.5) is 0 Å². The largest absolute Gasteiger partial charge is 0.277 e. The summed E-state index contributed by atoms with van der Waals surface area (Å²) in [7, 11) is 3.48. The monoisotopic (exact) mass is 182 g/mol. The number of rotatable bonds is 4. The van der Waals surface area contributed by atoms with Crippen molar-refractivity contribution in [3.63, 3.8) is 0 Å². The number of hydrogen-bond acceptors (Lipinski definition) is 2. The summed E-state index contributed by atoms with van der Waals surface area (Å²) in [6, 6.07) is 0. The molecule has 0 fully saturated rings. The van der Waals surface area contributed by atoms with Gasteiger partial charge in [0.15, 0.2) is 0 Å². The summed E-state index contributed by atoms with van der Waals surface area (Å²) in [6.07, 6.45) is 1.01. The molecular formula is C5H15N2OPS. The molecule has 2 N–H and O–H groups in total. The Kier molecular flexibility index (Phi) is 4.61. The minimum Gasteiger partial charge on any atom is -0.277 e. The minimum absolute atomic E-state index is 0.867.